The monoisotopic (exact) mass is 394 g/mol. The second-order valence-electron chi connectivity index (χ2n) is 7.10. The first kappa shape index (κ1) is 19.8. The molecular formula is C19H26N2O5S. The van der Waals surface area contributed by atoms with Crippen LogP contribution in [0.3, 0.4) is 0 Å². The Morgan fingerprint density at radius 3 is 2.33 bits per heavy atom. The lowest BCUT2D eigenvalue weighted by Gasteiger charge is -2.33. The molecule has 2 fully saturated rings. The van der Waals surface area contributed by atoms with E-state index >= 15 is 0 Å². The summed E-state index contributed by atoms with van der Waals surface area (Å²) in [6, 6.07) is 6.02. The van der Waals surface area contributed by atoms with Crippen LogP contribution in [-0.2, 0) is 19.6 Å². The molecule has 1 heterocycles. The standard InChI is InChI=1S/C19H26N2O5S/c1-15(22)20-10-12-21(13-11-20)27(24,25)18-9-5-6-16(14-18)19(23)26-17-7-3-2-4-8-17/h5-6,9,14,17H,2-4,7-8,10-13H2,1H3. The molecule has 2 aliphatic rings. The summed E-state index contributed by atoms with van der Waals surface area (Å²) in [4.78, 5) is 25.5. The third-order valence-electron chi connectivity index (χ3n) is 5.22. The van der Waals surface area contributed by atoms with Crippen molar-refractivity contribution in [3.63, 3.8) is 0 Å². The highest BCUT2D eigenvalue weighted by molar-refractivity contribution is 7.89. The maximum atomic E-state index is 12.9. The van der Waals surface area contributed by atoms with E-state index in [4.69, 9.17) is 4.74 Å². The first-order valence-corrected chi connectivity index (χ1v) is 10.9. The average Bonchev–Trinajstić information content (AvgIpc) is 2.69. The van der Waals surface area contributed by atoms with Gasteiger partial charge in [0.05, 0.1) is 10.5 Å². The van der Waals surface area contributed by atoms with Gasteiger partial charge in [0.25, 0.3) is 0 Å². The van der Waals surface area contributed by atoms with Crippen molar-refractivity contribution in [1.82, 2.24) is 9.21 Å². The number of nitrogens with zero attached hydrogens (tertiary/aromatic N) is 2. The summed E-state index contributed by atoms with van der Waals surface area (Å²) in [7, 11) is -3.71. The molecule has 27 heavy (non-hydrogen) atoms. The van der Waals surface area contributed by atoms with Crippen molar-refractivity contribution in [2.45, 2.75) is 50.0 Å². The first-order valence-electron chi connectivity index (χ1n) is 9.44. The Morgan fingerprint density at radius 1 is 1.04 bits per heavy atom. The molecule has 1 aromatic rings. The summed E-state index contributed by atoms with van der Waals surface area (Å²) in [5.74, 6) is -0.528. The molecule has 1 saturated carbocycles. The van der Waals surface area contributed by atoms with Gasteiger partial charge in [-0.15, -0.1) is 0 Å². The number of esters is 1. The molecule has 1 saturated heterocycles. The lowest BCUT2D eigenvalue weighted by atomic mass is 9.98. The van der Waals surface area contributed by atoms with Crippen LogP contribution >= 0.6 is 0 Å². The van der Waals surface area contributed by atoms with E-state index in [-0.39, 0.29) is 35.6 Å². The molecule has 0 spiro atoms. The Kier molecular flexibility index (Phi) is 6.16. The average molecular weight is 394 g/mol. The van der Waals surface area contributed by atoms with Gasteiger partial charge in [-0.25, -0.2) is 13.2 Å². The number of hydrogen-bond acceptors (Lipinski definition) is 5. The lowest BCUT2D eigenvalue weighted by molar-refractivity contribution is -0.129. The number of hydrogen-bond donors (Lipinski definition) is 0. The van der Waals surface area contributed by atoms with Gasteiger partial charge in [0.2, 0.25) is 15.9 Å². The number of sulfonamides is 1. The Labute approximate surface area is 160 Å². The Balaban J connectivity index is 1.70. The van der Waals surface area contributed by atoms with Crippen LogP contribution in [0, 0.1) is 0 Å². The van der Waals surface area contributed by atoms with Crippen molar-refractivity contribution in [1.29, 1.82) is 0 Å². The highest BCUT2D eigenvalue weighted by Gasteiger charge is 2.30. The molecule has 7 nitrogen and oxygen atoms in total. The number of amides is 1. The lowest BCUT2D eigenvalue weighted by Crippen LogP contribution is -2.49. The van der Waals surface area contributed by atoms with Crippen LogP contribution < -0.4 is 0 Å². The highest BCUT2D eigenvalue weighted by atomic mass is 32.2. The van der Waals surface area contributed by atoms with Gasteiger partial charge < -0.3 is 9.64 Å². The number of carbonyl (C=O) groups excluding carboxylic acids is 2. The summed E-state index contributed by atoms with van der Waals surface area (Å²) in [5.41, 5.74) is 0.254. The van der Waals surface area contributed by atoms with Gasteiger partial charge in [-0.05, 0) is 43.9 Å². The van der Waals surface area contributed by atoms with Crippen LogP contribution in [-0.4, -0.2) is 61.8 Å². The molecule has 0 aromatic heterocycles. The Bertz CT molecular complexity index is 794. The molecule has 148 valence electrons. The third kappa shape index (κ3) is 4.68. The third-order valence-corrected chi connectivity index (χ3v) is 7.11. The summed E-state index contributed by atoms with van der Waals surface area (Å²) < 4.78 is 32.7. The van der Waals surface area contributed by atoms with E-state index in [1.165, 1.54) is 29.8 Å². The quantitative estimate of drug-likeness (QED) is 0.730. The van der Waals surface area contributed by atoms with Gasteiger partial charge in [-0.1, -0.05) is 12.5 Å². The van der Waals surface area contributed by atoms with Gasteiger partial charge in [-0.3, -0.25) is 4.79 Å². The SMILES string of the molecule is CC(=O)N1CCN(S(=O)(=O)c2cccc(C(=O)OC3CCCCC3)c2)CC1. The van der Waals surface area contributed by atoms with Crippen molar-refractivity contribution < 1.29 is 22.7 Å². The number of carbonyl (C=O) groups is 2. The molecule has 1 aromatic carbocycles. The largest absolute Gasteiger partial charge is 0.459 e. The van der Waals surface area contributed by atoms with Crippen LogP contribution in [0.2, 0.25) is 0 Å². The van der Waals surface area contributed by atoms with Gasteiger partial charge in [0.15, 0.2) is 0 Å². The molecule has 1 amide bonds. The van der Waals surface area contributed by atoms with E-state index in [1.807, 2.05) is 0 Å². The predicted molar refractivity (Wildman–Crippen MR) is 99.7 cm³/mol. The van der Waals surface area contributed by atoms with Crippen LogP contribution in [0.1, 0.15) is 49.4 Å². The van der Waals surface area contributed by atoms with E-state index in [0.717, 1.165) is 25.7 Å². The minimum atomic E-state index is -3.71. The number of benzene rings is 1. The zero-order valence-corrected chi connectivity index (χ0v) is 16.4. The van der Waals surface area contributed by atoms with E-state index in [9.17, 15) is 18.0 Å². The number of ether oxygens (including phenoxy) is 1. The van der Waals surface area contributed by atoms with Crippen LogP contribution in [0.15, 0.2) is 29.2 Å². The molecular weight excluding hydrogens is 368 g/mol. The molecule has 0 atom stereocenters. The molecule has 3 rings (SSSR count). The molecule has 0 unspecified atom stereocenters. The van der Waals surface area contributed by atoms with Crippen molar-refractivity contribution in [3.05, 3.63) is 29.8 Å². The fourth-order valence-corrected chi connectivity index (χ4v) is 5.05. The van der Waals surface area contributed by atoms with Gasteiger partial charge in [0, 0.05) is 33.1 Å². The van der Waals surface area contributed by atoms with Gasteiger partial charge in [0.1, 0.15) is 6.10 Å². The zero-order valence-electron chi connectivity index (χ0n) is 15.6. The van der Waals surface area contributed by atoms with Crippen molar-refractivity contribution in [2.24, 2.45) is 0 Å². The van der Waals surface area contributed by atoms with Crippen LogP contribution in [0.25, 0.3) is 0 Å². The molecule has 0 radical (unpaired) electrons. The minimum absolute atomic E-state index is 0.0560. The van der Waals surface area contributed by atoms with Crippen LogP contribution in [0.4, 0.5) is 0 Å². The van der Waals surface area contributed by atoms with E-state index < -0.39 is 16.0 Å². The fourth-order valence-electron chi connectivity index (χ4n) is 3.58. The second kappa shape index (κ2) is 8.39. The van der Waals surface area contributed by atoms with Crippen LogP contribution in [0.5, 0.6) is 0 Å². The number of rotatable bonds is 4. The summed E-state index contributed by atoms with van der Waals surface area (Å²) in [6.45, 7) is 2.72. The van der Waals surface area contributed by atoms with Crippen molar-refractivity contribution in [3.8, 4) is 0 Å². The molecule has 1 aliphatic heterocycles. The second-order valence-corrected chi connectivity index (χ2v) is 9.04. The maximum Gasteiger partial charge on any atom is 0.338 e. The molecule has 8 heteroatoms. The summed E-state index contributed by atoms with van der Waals surface area (Å²) in [5, 5.41) is 0. The zero-order chi connectivity index (χ0) is 19.4. The first-order chi connectivity index (χ1) is 12.9. The molecule has 0 N–H and O–H groups in total. The van der Waals surface area contributed by atoms with E-state index in [1.54, 1.807) is 17.0 Å². The summed E-state index contributed by atoms with van der Waals surface area (Å²) in [6.07, 6.45) is 4.93. The van der Waals surface area contributed by atoms with E-state index in [0.29, 0.717) is 13.1 Å². The Hall–Kier alpha value is -1.93. The van der Waals surface area contributed by atoms with Crippen molar-refractivity contribution in [2.75, 3.05) is 26.2 Å². The number of piperazine rings is 1. The molecule has 1 aliphatic carbocycles. The fraction of sp³-hybridized carbons (Fsp3) is 0.579. The van der Waals surface area contributed by atoms with E-state index in [2.05, 4.69) is 0 Å². The van der Waals surface area contributed by atoms with Gasteiger partial charge in [-0.2, -0.15) is 4.31 Å². The minimum Gasteiger partial charge on any atom is -0.459 e. The highest BCUT2D eigenvalue weighted by Crippen LogP contribution is 2.23. The van der Waals surface area contributed by atoms with Crippen molar-refractivity contribution >= 4 is 21.9 Å². The smallest absolute Gasteiger partial charge is 0.338 e. The van der Waals surface area contributed by atoms with Gasteiger partial charge >= 0.3 is 5.97 Å². The normalized spacial score (nSPS) is 19.7. The molecule has 0 bridgehead atoms. The predicted octanol–water partition coefficient (Wildman–Crippen LogP) is 2.03. The Morgan fingerprint density at radius 2 is 1.70 bits per heavy atom. The topological polar surface area (TPSA) is 84.0 Å². The maximum absolute atomic E-state index is 12.9. The summed E-state index contributed by atoms with van der Waals surface area (Å²) >= 11 is 0.